The highest BCUT2D eigenvalue weighted by atomic mass is 35.5. The second kappa shape index (κ2) is 6.07. The molecule has 0 heterocycles. The van der Waals surface area contributed by atoms with E-state index in [0.717, 1.165) is 6.54 Å². The molecule has 1 aliphatic rings. The maximum absolute atomic E-state index is 11.5. The second-order valence-corrected chi connectivity index (χ2v) is 4.88. The van der Waals surface area contributed by atoms with Gasteiger partial charge in [-0.3, -0.25) is 4.79 Å². The lowest BCUT2D eigenvalue weighted by molar-refractivity contribution is -0.123. The summed E-state index contributed by atoms with van der Waals surface area (Å²) in [7, 11) is 0. The molecule has 0 atom stereocenters. The number of benzene rings is 1. The van der Waals surface area contributed by atoms with Crippen molar-refractivity contribution in [1.29, 1.82) is 0 Å². The summed E-state index contributed by atoms with van der Waals surface area (Å²) in [6, 6.07) is 4.94. The number of rotatable bonds is 6. The summed E-state index contributed by atoms with van der Waals surface area (Å²) in [5.41, 5.74) is 0.581. The highest BCUT2D eigenvalue weighted by molar-refractivity contribution is 6.30. The third-order valence-electron chi connectivity index (χ3n) is 2.84. The molecule has 0 radical (unpaired) electrons. The van der Waals surface area contributed by atoms with E-state index in [9.17, 15) is 4.79 Å². The van der Waals surface area contributed by atoms with Crippen LogP contribution in [-0.2, 0) is 11.4 Å². The number of halogens is 1. The number of ether oxygens (including phenoxy) is 1. The first-order chi connectivity index (χ1) is 8.69. The lowest BCUT2D eigenvalue weighted by Gasteiger charge is -2.10. The highest BCUT2D eigenvalue weighted by Crippen LogP contribution is 2.27. The number of carbonyl (C=O) groups excluding carboxylic acids is 1. The van der Waals surface area contributed by atoms with Gasteiger partial charge in [0.1, 0.15) is 5.75 Å². The van der Waals surface area contributed by atoms with E-state index in [0.29, 0.717) is 22.3 Å². The van der Waals surface area contributed by atoms with E-state index in [-0.39, 0.29) is 19.1 Å². The monoisotopic (exact) mass is 269 g/mol. The molecule has 0 aliphatic heterocycles. The van der Waals surface area contributed by atoms with Gasteiger partial charge >= 0.3 is 0 Å². The van der Waals surface area contributed by atoms with Crippen molar-refractivity contribution in [2.45, 2.75) is 19.4 Å². The fourth-order valence-electron chi connectivity index (χ4n) is 1.59. The summed E-state index contributed by atoms with van der Waals surface area (Å²) in [5, 5.41) is 12.5. The fraction of sp³-hybridized carbons (Fsp3) is 0.462. The van der Waals surface area contributed by atoms with Gasteiger partial charge in [0, 0.05) is 17.1 Å². The van der Waals surface area contributed by atoms with E-state index in [1.165, 1.54) is 12.8 Å². The quantitative estimate of drug-likeness (QED) is 0.827. The molecule has 5 heteroatoms. The smallest absolute Gasteiger partial charge is 0.257 e. The zero-order valence-corrected chi connectivity index (χ0v) is 10.7. The van der Waals surface area contributed by atoms with Crippen LogP contribution in [0.3, 0.4) is 0 Å². The Morgan fingerprint density at radius 2 is 2.28 bits per heavy atom. The first-order valence-corrected chi connectivity index (χ1v) is 6.35. The van der Waals surface area contributed by atoms with Crippen molar-refractivity contribution in [2.75, 3.05) is 13.2 Å². The average molecular weight is 270 g/mol. The lowest BCUT2D eigenvalue weighted by atomic mass is 10.2. The van der Waals surface area contributed by atoms with Gasteiger partial charge < -0.3 is 15.2 Å². The van der Waals surface area contributed by atoms with E-state index >= 15 is 0 Å². The van der Waals surface area contributed by atoms with Crippen molar-refractivity contribution in [3.8, 4) is 5.75 Å². The summed E-state index contributed by atoms with van der Waals surface area (Å²) in [6.45, 7) is 0.524. The summed E-state index contributed by atoms with van der Waals surface area (Å²) in [6.07, 6.45) is 2.40. The van der Waals surface area contributed by atoms with Crippen LogP contribution >= 0.6 is 11.6 Å². The van der Waals surface area contributed by atoms with E-state index in [4.69, 9.17) is 21.4 Å². The van der Waals surface area contributed by atoms with Crippen molar-refractivity contribution >= 4 is 17.5 Å². The summed E-state index contributed by atoms with van der Waals surface area (Å²) >= 11 is 5.80. The molecule has 2 rings (SSSR count). The molecule has 1 aromatic rings. The van der Waals surface area contributed by atoms with Crippen LogP contribution in [0.25, 0.3) is 0 Å². The van der Waals surface area contributed by atoms with Crippen molar-refractivity contribution in [1.82, 2.24) is 5.32 Å². The number of amides is 1. The molecule has 18 heavy (non-hydrogen) atoms. The third-order valence-corrected chi connectivity index (χ3v) is 3.07. The van der Waals surface area contributed by atoms with Crippen LogP contribution in [0.15, 0.2) is 18.2 Å². The number of aliphatic hydroxyl groups excluding tert-OH is 1. The van der Waals surface area contributed by atoms with Crippen molar-refractivity contribution < 1.29 is 14.6 Å². The minimum absolute atomic E-state index is 0.0403. The van der Waals surface area contributed by atoms with Crippen molar-refractivity contribution in [3.63, 3.8) is 0 Å². The molecule has 1 aromatic carbocycles. The minimum Gasteiger partial charge on any atom is -0.483 e. The van der Waals surface area contributed by atoms with Gasteiger partial charge in [0.25, 0.3) is 5.91 Å². The number of nitrogens with one attached hydrogen (secondary N) is 1. The predicted molar refractivity (Wildman–Crippen MR) is 68.6 cm³/mol. The second-order valence-electron chi connectivity index (χ2n) is 4.45. The van der Waals surface area contributed by atoms with E-state index in [1.54, 1.807) is 18.2 Å². The Morgan fingerprint density at radius 1 is 1.50 bits per heavy atom. The standard InChI is InChI=1S/C13H16ClNO3/c14-11-3-4-12(10(5-11)7-16)18-8-13(17)15-6-9-1-2-9/h3-5,9,16H,1-2,6-8H2,(H,15,17). The zero-order chi connectivity index (χ0) is 13.0. The van der Waals surface area contributed by atoms with Crippen LogP contribution in [0.4, 0.5) is 0 Å². The van der Waals surface area contributed by atoms with Crippen LogP contribution in [0.5, 0.6) is 5.75 Å². The molecule has 0 unspecified atom stereocenters. The van der Waals surface area contributed by atoms with Gasteiger partial charge in [0.15, 0.2) is 6.61 Å². The lowest BCUT2D eigenvalue weighted by Crippen LogP contribution is -2.30. The molecule has 0 spiro atoms. The Hall–Kier alpha value is -1.26. The molecule has 0 aromatic heterocycles. The average Bonchev–Trinajstić information content (AvgIpc) is 3.18. The fourth-order valence-corrected chi connectivity index (χ4v) is 1.78. The van der Waals surface area contributed by atoms with Crippen LogP contribution in [-0.4, -0.2) is 24.2 Å². The maximum atomic E-state index is 11.5. The number of aliphatic hydroxyl groups is 1. The maximum Gasteiger partial charge on any atom is 0.257 e. The summed E-state index contributed by atoms with van der Waals surface area (Å²) in [5.74, 6) is 1.00. The number of hydrogen-bond acceptors (Lipinski definition) is 3. The number of carbonyl (C=O) groups is 1. The zero-order valence-electron chi connectivity index (χ0n) is 9.99. The number of hydrogen-bond donors (Lipinski definition) is 2. The van der Waals surface area contributed by atoms with Crippen LogP contribution in [0.1, 0.15) is 18.4 Å². The molecule has 0 bridgehead atoms. The van der Waals surface area contributed by atoms with E-state index in [1.807, 2.05) is 0 Å². The molecule has 1 fully saturated rings. The van der Waals surface area contributed by atoms with Gasteiger partial charge in [0.05, 0.1) is 6.61 Å². The summed E-state index contributed by atoms with van der Waals surface area (Å²) in [4.78, 5) is 11.5. The molecule has 2 N–H and O–H groups in total. The largest absolute Gasteiger partial charge is 0.483 e. The highest BCUT2D eigenvalue weighted by Gasteiger charge is 2.21. The van der Waals surface area contributed by atoms with Gasteiger partial charge in [-0.2, -0.15) is 0 Å². The molecule has 4 nitrogen and oxygen atoms in total. The van der Waals surface area contributed by atoms with Gasteiger partial charge in [-0.15, -0.1) is 0 Å². The van der Waals surface area contributed by atoms with Crippen molar-refractivity contribution in [3.05, 3.63) is 28.8 Å². The molecule has 1 saturated carbocycles. The molecular formula is C13H16ClNO3. The van der Waals surface area contributed by atoms with Crippen LogP contribution < -0.4 is 10.1 Å². The van der Waals surface area contributed by atoms with Crippen molar-refractivity contribution in [2.24, 2.45) is 5.92 Å². The van der Waals surface area contributed by atoms with Crippen LogP contribution in [0.2, 0.25) is 5.02 Å². The minimum atomic E-state index is -0.167. The Balaban J connectivity index is 1.82. The van der Waals surface area contributed by atoms with Gasteiger partial charge in [-0.1, -0.05) is 11.6 Å². The first kappa shape index (κ1) is 13.2. The molecular weight excluding hydrogens is 254 g/mol. The normalized spacial score (nSPS) is 14.3. The van der Waals surface area contributed by atoms with Gasteiger partial charge in [-0.25, -0.2) is 0 Å². The van der Waals surface area contributed by atoms with Gasteiger partial charge in [0.2, 0.25) is 0 Å². The topological polar surface area (TPSA) is 58.6 Å². The Kier molecular flexibility index (Phi) is 4.44. The Morgan fingerprint density at radius 3 is 2.94 bits per heavy atom. The van der Waals surface area contributed by atoms with Gasteiger partial charge in [-0.05, 0) is 37.0 Å². The SMILES string of the molecule is O=C(COc1ccc(Cl)cc1CO)NCC1CC1. The van der Waals surface area contributed by atoms with E-state index in [2.05, 4.69) is 5.32 Å². The third kappa shape index (κ3) is 3.89. The van der Waals surface area contributed by atoms with Crippen LogP contribution in [0, 0.1) is 5.92 Å². The predicted octanol–water partition coefficient (Wildman–Crippen LogP) is 1.74. The molecule has 1 aliphatic carbocycles. The molecule has 98 valence electrons. The molecule has 1 amide bonds. The molecule has 0 saturated heterocycles. The summed E-state index contributed by atoms with van der Waals surface area (Å²) < 4.78 is 5.37. The Labute approximate surface area is 111 Å². The Bertz CT molecular complexity index is 432. The van der Waals surface area contributed by atoms with E-state index < -0.39 is 0 Å². The first-order valence-electron chi connectivity index (χ1n) is 5.98.